The molecule has 2 heterocycles. The number of hydrogen-bond donors (Lipinski definition) is 2. The van der Waals surface area contributed by atoms with E-state index in [1.54, 1.807) is 6.92 Å². The summed E-state index contributed by atoms with van der Waals surface area (Å²) in [4.78, 5) is 39.8. The molecule has 3 aromatic carbocycles. The third-order valence-electron chi connectivity index (χ3n) is 7.07. The monoisotopic (exact) mass is 495 g/mol. The molecule has 4 amide bonds. The molecule has 2 N–H and O–H groups in total. The molecule has 5 rings (SSSR count). The minimum absolute atomic E-state index is 0.261. The van der Waals surface area contributed by atoms with Gasteiger partial charge >= 0.3 is 6.03 Å². The molecule has 1 fully saturated rings. The SMILES string of the molecule is Cc1nn(Cc2ccccc2)c(C)c1CNC(=O)CN1C(=O)N[C@](C)(c2ccc3ccccc3c2)C1=O. The van der Waals surface area contributed by atoms with Gasteiger partial charge in [-0.2, -0.15) is 5.10 Å². The Bertz CT molecular complexity index is 1510. The molecule has 1 atom stereocenters. The van der Waals surface area contributed by atoms with E-state index in [1.165, 1.54) is 0 Å². The van der Waals surface area contributed by atoms with Crippen LogP contribution in [0.15, 0.2) is 72.8 Å². The topological polar surface area (TPSA) is 96.3 Å². The number of nitrogens with one attached hydrogen (secondary N) is 2. The van der Waals surface area contributed by atoms with Crippen molar-refractivity contribution in [1.29, 1.82) is 0 Å². The van der Waals surface area contributed by atoms with Crippen LogP contribution >= 0.6 is 0 Å². The summed E-state index contributed by atoms with van der Waals surface area (Å²) in [6.45, 7) is 6.08. The van der Waals surface area contributed by atoms with Crippen LogP contribution in [0.3, 0.4) is 0 Å². The van der Waals surface area contributed by atoms with Gasteiger partial charge in [-0.15, -0.1) is 0 Å². The van der Waals surface area contributed by atoms with Crippen molar-refractivity contribution in [2.45, 2.75) is 39.4 Å². The minimum atomic E-state index is -1.24. The number of rotatable bonds is 7. The van der Waals surface area contributed by atoms with E-state index in [1.807, 2.05) is 91.3 Å². The van der Waals surface area contributed by atoms with Gasteiger partial charge in [0, 0.05) is 17.8 Å². The van der Waals surface area contributed by atoms with Crippen molar-refractivity contribution in [3.8, 4) is 0 Å². The van der Waals surface area contributed by atoms with Gasteiger partial charge in [0.05, 0.1) is 12.2 Å². The van der Waals surface area contributed by atoms with Crippen LogP contribution in [0.1, 0.15) is 35.0 Å². The first-order chi connectivity index (χ1) is 17.8. The van der Waals surface area contributed by atoms with Crippen molar-refractivity contribution >= 4 is 28.6 Å². The second-order valence-electron chi connectivity index (χ2n) is 9.58. The number of aromatic nitrogens is 2. The molecule has 37 heavy (non-hydrogen) atoms. The zero-order valence-corrected chi connectivity index (χ0v) is 21.1. The van der Waals surface area contributed by atoms with Crippen LogP contribution in [0.2, 0.25) is 0 Å². The number of imide groups is 1. The molecule has 0 bridgehead atoms. The van der Waals surface area contributed by atoms with Crippen LogP contribution in [0.4, 0.5) is 4.79 Å². The number of nitrogens with zero attached hydrogens (tertiary/aromatic N) is 3. The van der Waals surface area contributed by atoms with Gasteiger partial charge in [0.15, 0.2) is 0 Å². The maximum absolute atomic E-state index is 13.3. The fraction of sp³-hybridized carbons (Fsp3) is 0.241. The second-order valence-corrected chi connectivity index (χ2v) is 9.58. The van der Waals surface area contributed by atoms with Gasteiger partial charge in [0.25, 0.3) is 5.91 Å². The molecular formula is C29H29N5O3. The highest BCUT2D eigenvalue weighted by atomic mass is 16.2. The molecule has 1 aromatic heterocycles. The van der Waals surface area contributed by atoms with Gasteiger partial charge in [-0.05, 0) is 48.7 Å². The van der Waals surface area contributed by atoms with Crippen LogP contribution in [-0.2, 0) is 28.2 Å². The van der Waals surface area contributed by atoms with Crippen molar-refractivity contribution in [3.63, 3.8) is 0 Å². The summed E-state index contributed by atoms with van der Waals surface area (Å²) in [5, 5.41) is 12.3. The lowest BCUT2D eigenvalue weighted by molar-refractivity contribution is -0.134. The molecule has 0 unspecified atom stereocenters. The third-order valence-corrected chi connectivity index (χ3v) is 7.07. The molecule has 188 valence electrons. The van der Waals surface area contributed by atoms with Gasteiger partial charge in [-0.3, -0.25) is 19.2 Å². The number of fused-ring (bicyclic) bond motifs is 1. The second kappa shape index (κ2) is 9.54. The van der Waals surface area contributed by atoms with E-state index in [0.29, 0.717) is 12.1 Å². The number of carbonyl (C=O) groups is 3. The first-order valence-electron chi connectivity index (χ1n) is 12.2. The van der Waals surface area contributed by atoms with Crippen LogP contribution in [0.25, 0.3) is 10.8 Å². The van der Waals surface area contributed by atoms with Crippen LogP contribution in [0.5, 0.6) is 0 Å². The number of amides is 4. The number of benzene rings is 3. The highest BCUT2D eigenvalue weighted by Gasteiger charge is 2.49. The van der Waals surface area contributed by atoms with Gasteiger partial charge in [0.1, 0.15) is 12.1 Å². The van der Waals surface area contributed by atoms with Crippen molar-refractivity contribution < 1.29 is 14.4 Å². The van der Waals surface area contributed by atoms with Crippen molar-refractivity contribution in [2.24, 2.45) is 0 Å². The number of hydrogen-bond acceptors (Lipinski definition) is 4. The van der Waals surface area contributed by atoms with Gasteiger partial charge in [0.2, 0.25) is 5.91 Å². The van der Waals surface area contributed by atoms with E-state index in [0.717, 1.165) is 38.2 Å². The van der Waals surface area contributed by atoms with Gasteiger partial charge < -0.3 is 10.6 Å². The molecule has 8 nitrogen and oxygen atoms in total. The Labute approximate surface area is 215 Å². The summed E-state index contributed by atoms with van der Waals surface area (Å²) in [6, 6.07) is 22.9. The highest BCUT2D eigenvalue weighted by Crippen LogP contribution is 2.31. The van der Waals surface area contributed by atoms with Gasteiger partial charge in [-0.25, -0.2) is 4.79 Å². The Morgan fingerprint density at radius 3 is 2.43 bits per heavy atom. The average Bonchev–Trinajstić information content (AvgIpc) is 3.29. The van der Waals surface area contributed by atoms with Crippen LogP contribution in [0, 0.1) is 13.8 Å². The summed E-state index contributed by atoms with van der Waals surface area (Å²) in [5.74, 6) is -0.869. The first kappa shape index (κ1) is 24.2. The average molecular weight is 496 g/mol. The zero-order valence-electron chi connectivity index (χ0n) is 21.1. The fourth-order valence-electron chi connectivity index (χ4n) is 4.82. The molecule has 4 aromatic rings. The molecule has 0 spiro atoms. The summed E-state index contributed by atoms with van der Waals surface area (Å²) in [7, 11) is 0. The number of urea groups is 1. The predicted octanol–water partition coefficient (Wildman–Crippen LogP) is 3.78. The van der Waals surface area contributed by atoms with Crippen molar-refractivity contribution in [3.05, 3.63) is 101 Å². The van der Waals surface area contributed by atoms with Crippen molar-refractivity contribution in [2.75, 3.05) is 6.54 Å². The largest absolute Gasteiger partial charge is 0.350 e. The lowest BCUT2D eigenvalue weighted by Crippen LogP contribution is -2.43. The van der Waals surface area contributed by atoms with Gasteiger partial charge in [-0.1, -0.05) is 66.7 Å². The van der Waals surface area contributed by atoms with Crippen LogP contribution < -0.4 is 10.6 Å². The molecule has 0 radical (unpaired) electrons. The summed E-state index contributed by atoms with van der Waals surface area (Å²) < 4.78 is 1.92. The summed E-state index contributed by atoms with van der Waals surface area (Å²) in [6.07, 6.45) is 0. The fourth-order valence-corrected chi connectivity index (χ4v) is 4.82. The lowest BCUT2D eigenvalue weighted by atomic mass is 9.90. The molecule has 0 aliphatic carbocycles. The number of carbonyl (C=O) groups excluding carboxylic acids is 3. The molecule has 1 aliphatic heterocycles. The van der Waals surface area contributed by atoms with E-state index in [9.17, 15) is 14.4 Å². The van der Waals surface area contributed by atoms with E-state index in [-0.39, 0.29) is 13.1 Å². The van der Waals surface area contributed by atoms with E-state index in [2.05, 4.69) is 15.7 Å². The van der Waals surface area contributed by atoms with E-state index < -0.39 is 23.4 Å². The Morgan fingerprint density at radius 2 is 1.68 bits per heavy atom. The molecule has 1 aliphatic rings. The Hall–Kier alpha value is -4.46. The molecule has 0 saturated carbocycles. The standard InChI is InChI=1S/C29H29N5O3/c1-19-25(20(2)34(32-19)17-21-9-5-4-6-10-21)16-30-26(35)18-33-27(36)29(3,31-28(33)37)24-14-13-22-11-7-8-12-23(22)15-24/h4-15H,16-18H2,1-3H3,(H,30,35)(H,31,37)/t29-/m1/s1. The normalized spacial score (nSPS) is 17.3. The Morgan fingerprint density at radius 1 is 0.973 bits per heavy atom. The number of aryl methyl sites for hydroxylation is 1. The maximum atomic E-state index is 13.3. The smallest absolute Gasteiger partial charge is 0.325 e. The summed E-state index contributed by atoms with van der Waals surface area (Å²) >= 11 is 0. The quantitative estimate of drug-likeness (QED) is 0.382. The maximum Gasteiger partial charge on any atom is 0.325 e. The van der Waals surface area contributed by atoms with Crippen LogP contribution in [-0.4, -0.2) is 39.1 Å². The lowest BCUT2D eigenvalue weighted by Gasteiger charge is -2.22. The Balaban J connectivity index is 1.25. The van der Waals surface area contributed by atoms with Crippen molar-refractivity contribution in [1.82, 2.24) is 25.3 Å². The van der Waals surface area contributed by atoms with E-state index in [4.69, 9.17) is 0 Å². The van der Waals surface area contributed by atoms with E-state index >= 15 is 0 Å². The predicted molar refractivity (Wildman–Crippen MR) is 141 cm³/mol. The third kappa shape index (κ3) is 4.58. The minimum Gasteiger partial charge on any atom is -0.350 e. The highest BCUT2D eigenvalue weighted by molar-refractivity contribution is 6.09. The Kier molecular flexibility index (Phi) is 6.25. The molecule has 1 saturated heterocycles. The molecular weight excluding hydrogens is 466 g/mol. The zero-order chi connectivity index (χ0) is 26.2. The summed E-state index contributed by atoms with van der Waals surface area (Å²) in [5.41, 5.74) is 3.27. The first-order valence-corrected chi connectivity index (χ1v) is 12.2. The molecule has 8 heteroatoms.